The van der Waals surface area contributed by atoms with Gasteiger partial charge in [-0.05, 0) is 43.7 Å². The van der Waals surface area contributed by atoms with Gasteiger partial charge in [0.25, 0.3) is 5.91 Å². The van der Waals surface area contributed by atoms with E-state index in [1.54, 1.807) is 12.1 Å². The van der Waals surface area contributed by atoms with Crippen LogP contribution in [0.4, 0.5) is 5.69 Å². The van der Waals surface area contributed by atoms with Gasteiger partial charge in [0.2, 0.25) is 0 Å². The molecule has 0 bridgehead atoms. The highest BCUT2D eigenvalue weighted by atomic mass is 16.5. The maximum Gasteiger partial charge on any atom is 0.255 e. The van der Waals surface area contributed by atoms with Gasteiger partial charge >= 0.3 is 0 Å². The van der Waals surface area contributed by atoms with Crippen molar-refractivity contribution in [2.45, 2.75) is 46.0 Å². The topological polar surface area (TPSA) is 56.8 Å². The first-order chi connectivity index (χ1) is 14.2. The molecule has 0 spiro atoms. The first-order valence-corrected chi connectivity index (χ1v) is 10.6. The lowest BCUT2D eigenvalue weighted by molar-refractivity contribution is 0.102. The third-order valence-corrected chi connectivity index (χ3v) is 4.41. The van der Waals surface area contributed by atoms with Gasteiger partial charge in [0.15, 0.2) is 0 Å². The molecule has 0 aliphatic heterocycles. The van der Waals surface area contributed by atoms with Crippen LogP contribution in [-0.2, 0) is 4.74 Å². The van der Waals surface area contributed by atoms with Crippen LogP contribution < -0.4 is 14.8 Å². The number of rotatable bonds is 14. The number of carbonyl (C=O) groups excluding carboxylic acids is 1. The minimum absolute atomic E-state index is 0.183. The standard InChI is InChI=1S/C24H33NO4/c1-3-5-6-7-8-15-28-23-14-10-12-21(19-23)25-24(26)20-11-9-13-22(18-20)29-17-16-27-4-2/h9-14,18-19H,3-8,15-17H2,1-2H3,(H,25,26). The van der Waals surface area contributed by atoms with Gasteiger partial charge in [0, 0.05) is 23.9 Å². The molecule has 158 valence electrons. The van der Waals surface area contributed by atoms with E-state index < -0.39 is 0 Å². The molecule has 2 rings (SSSR count). The summed E-state index contributed by atoms with van der Waals surface area (Å²) in [6, 6.07) is 14.6. The lowest BCUT2D eigenvalue weighted by Gasteiger charge is -2.10. The molecule has 5 nitrogen and oxygen atoms in total. The molecular formula is C24H33NO4. The second kappa shape index (κ2) is 13.6. The quantitative estimate of drug-likeness (QED) is 0.414. The van der Waals surface area contributed by atoms with E-state index in [9.17, 15) is 4.79 Å². The zero-order valence-electron chi connectivity index (χ0n) is 17.6. The molecule has 0 saturated carbocycles. The molecule has 0 aliphatic rings. The van der Waals surface area contributed by atoms with Gasteiger partial charge in [-0.15, -0.1) is 0 Å². The Hall–Kier alpha value is -2.53. The zero-order chi connectivity index (χ0) is 20.7. The van der Waals surface area contributed by atoms with E-state index in [1.807, 2.05) is 43.3 Å². The molecule has 1 N–H and O–H groups in total. The first kappa shape index (κ1) is 22.8. The van der Waals surface area contributed by atoms with Crippen molar-refractivity contribution in [3.8, 4) is 11.5 Å². The number of ether oxygens (including phenoxy) is 3. The summed E-state index contributed by atoms with van der Waals surface area (Å²) < 4.78 is 16.7. The van der Waals surface area contributed by atoms with Gasteiger partial charge in [-0.2, -0.15) is 0 Å². The van der Waals surface area contributed by atoms with Crippen molar-refractivity contribution in [3.63, 3.8) is 0 Å². The number of benzene rings is 2. The summed E-state index contributed by atoms with van der Waals surface area (Å²) in [6.07, 6.45) is 6.01. The number of nitrogens with one attached hydrogen (secondary N) is 1. The van der Waals surface area contributed by atoms with Gasteiger partial charge in [-0.25, -0.2) is 0 Å². The number of hydrogen-bond donors (Lipinski definition) is 1. The summed E-state index contributed by atoms with van der Waals surface area (Å²) in [5.74, 6) is 1.24. The fraction of sp³-hybridized carbons (Fsp3) is 0.458. The van der Waals surface area contributed by atoms with E-state index in [0.29, 0.717) is 43.4 Å². The maximum absolute atomic E-state index is 12.6. The van der Waals surface area contributed by atoms with Crippen molar-refractivity contribution in [2.75, 3.05) is 31.7 Å². The Bertz CT molecular complexity index is 732. The normalized spacial score (nSPS) is 10.6. The second-order valence-corrected chi connectivity index (χ2v) is 6.82. The predicted octanol–water partition coefficient (Wildman–Crippen LogP) is 5.70. The molecule has 29 heavy (non-hydrogen) atoms. The van der Waals surface area contributed by atoms with Crippen molar-refractivity contribution >= 4 is 11.6 Å². The van der Waals surface area contributed by atoms with E-state index in [2.05, 4.69) is 12.2 Å². The highest BCUT2D eigenvalue weighted by molar-refractivity contribution is 6.04. The van der Waals surface area contributed by atoms with Crippen LogP contribution >= 0.6 is 0 Å². The molecule has 5 heteroatoms. The van der Waals surface area contributed by atoms with E-state index in [4.69, 9.17) is 14.2 Å². The Balaban J connectivity index is 1.84. The SMILES string of the molecule is CCCCCCCOc1cccc(NC(=O)c2cccc(OCCOCC)c2)c1. The Morgan fingerprint density at radius 1 is 0.828 bits per heavy atom. The van der Waals surface area contributed by atoms with E-state index >= 15 is 0 Å². The molecular weight excluding hydrogens is 366 g/mol. The Labute approximate surface area is 174 Å². The van der Waals surface area contributed by atoms with Crippen LogP contribution in [0.25, 0.3) is 0 Å². The minimum atomic E-state index is -0.183. The van der Waals surface area contributed by atoms with Crippen LogP contribution in [0.1, 0.15) is 56.3 Å². The summed E-state index contributed by atoms with van der Waals surface area (Å²) in [5.41, 5.74) is 1.25. The average Bonchev–Trinajstić information content (AvgIpc) is 2.74. The molecule has 2 aromatic carbocycles. The zero-order valence-corrected chi connectivity index (χ0v) is 17.6. The Morgan fingerprint density at radius 3 is 2.34 bits per heavy atom. The van der Waals surface area contributed by atoms with Crippen LogP contribution in [0.3, 0.4) is 0 Å². The molecule has 0 radical (unpaired) electrons. The van der Waals surface area contributed by atoms with Gasteiger partial charge in [0.05, 0.1) is 13.2 Å². The van der Waals surface area contributed by atoms with Crippen molar-refractivity contribution in [2.24, 2.45) is 0 Å². The van der Waals surface area contributed by atoms with Crippen molar-refractivity contribution in [3.05, 3.63) is 54.1 Å². The van der Waals surface area contributed by atoms with E-state index in [1.165, 1.54) is 25.7 Å². The number of unbranched alkanes of at least 4 members (excludes halogenated alkanes) is 4. The first-order valence-electron chi connectivity index (χ1n) is 10.6. The summed E-state index contributed by atoms with van der Waals surface area (Å²) in [4.78, 5) is 12.6. The van der Waals surface area contributed by atoms with Crippen molar-refractivity contribution < 1.29 is 19.0 Å². The van der Waals surface area contributed by atoms with Crippen molar-refractivity contribution in [1.29, 1.82) is 0 Å². The Morgan fingerprint density at radius 2 is 1.55 bits per heavy atom. The predicted molar refractivity (Wildman–Crippen MR) is 117 cm³/mol. The van der Waals surface area contributed by atoms with Gasteiger partial charge in [-0.3, -0.25) is 4.79 Å². The molecule has 0 aliphatic carbocycles. The number of amides is 1. The molecule has 1 amide bonds. The van der Waals surface area contributed by atoms with Crippen LogP contribution in [0, 0.1) is 0 Å². The highest BCUT2D eigenvalue weighted by Gasteiger charge is 2.08. The molecule has 0 aromatic heterocycles. The van der Waals surface area contributed by atoms with Crippen LogP contribution in [0.2, 0.25) is 0 Å². The highest BCUT2D eigenvalue weighted by Crippen LogP contribution is 2.20. The third kappa shape index (κ3) is 9.01. The van der Waals surface area contributed by atoms with E-state index in [-0.39, 0.29) is 5.91 Å². The molecule has 0 saturated heterocycles. The number of carbonyl (C=O) groups is 1. The minimum Gasteiger partial charge on any atom is -0.494 e. The van der Waals surface area contributed by atoms with Crippen molar-refractivity contribution in [1.82, 2.24) is 0 Å². The summed E-state index contributed by atoms with van der Waals surface area (Å²) in [7, 11) is 0. The fourth-order valence-corrected chi connectivity index (χ4v) is 2.85. The van der Waals surface area contributed by atoms with Gasteiger partial charge in [0.1, 0.15) is 18.1 Å². The summed E-state index contributed by atoms with van der Waals surface area (Å²) >= 11 is 0. The number of hydrogen-bond acceptors (Lipinski definition) is 4. The molecule has 0 unspecified atom stereocenters. The fourth-order valence-electron chi connectivity index (χ4n) is 2.85. The van der Waals surface area contributed by atoms with Crippen LogP contribution in [0.15, 0.2) is 48.5 Å². The largest absolute Gasteiger partial charge is 0.494 e. The lowest BCUT2D eigenvalue weighted by atomic mass is 10.2. The summed E-state index contributed by atoms with van der Waals surface area (Å²) in [5, 5.41) is 2.92. The third-order valence-electron chi connectivity index (χ3n) is 4.41. The molecule has 2 aromatic rings. The maximum atomic E-state index is 12.6. The number of anilines is 1. The second-order valence-electron chi connectivity index (χ2n) is 6.82. The van der Waals surface area contributed by atoms with Gasteiger partial charge < -0.3 is 19.5 Å². The van der Waals surface area contributed by atoms with Crippen LogP contribution in [-0.4, -0.2) is 32.3 Å². The van der Waals surface area contributed by atoms with Crippen LogP contribution in [0.5, 0.6) is 11.5 Å². The summed E-state index contributed by atoms with van der Waals surface area (Å²) in [6.45, 7) is 6.49. The van der Waals surface area contributed by atoms with Gasteiger partial charge in [-0.1, -0.05) is 44.7 Å². The molecule has 0 fully saturated rings. The Kier molecular flexibility index (Phi) is 10.7. The van der Waals surface area contributed by atoms with E-state index in [0.717, 1.165) is 12.2 Å². The average molecular weight is 400 g/mol. The smallest absolute Gasteiger partial charge is 0.255 e. The lowest BCUT2D eigenvalue weighted by Crippen LogP contribution is -2.12. The monoisotopic (exact) mass is 399 g/mol. The molecule has 0 atom stereocenters. The molecule has 0 heterocycles.